The summed E-state index contributed by atoms with van der Waals surface area (Å²) in [5.74, 6) is 0.0560. The summed E-state index contributed by atoms with van der Waals surface area (Å²) in [6, 6.07) is 5.61. The molecule has 0 fully saturated rings. The monoisotopic (exact) mass is 411 g/mol. The quantitative estimate of drug-likeness (QED) is 0.383. The Bertz CT molecular complexity index is 1080. The van der Waals surface area contributed by atoms with Gasteiger partial charge in [0, 0.05) is 6.42 Å². The van der Waals surface area contributed by atoms with Gasteiger partial charge >= 0.3 is 0 Å². The van der Waals surface area contributed by atoms with Crippen molar-refractivity contribution in [2.75, 3.05) is 16.8 Å². The Kier molecular flexibility index (Phi) is 6.09. The molecule has 27 heavy (non-hydrogen) atoms. The van der Waals surface area contributed by atoms with Crippen LogP contribution in [0.4, 0.5) is 17.3 Å². The van der Waals surface area contributed by atoms with Crippen LogP contribution in [-0.4, -0.2) is 33.2 Å². The van der Waals surface area contributed by atoms with Gasteiger partial charge in [-0.3, -0.25) is 4.79 Å². The van der Waals surface area contributed by atoms with E-state index in [4.69, 9.17) is 16.6 Å². The lowest BCUT2D eigenvalue weighted by Crippen LogP contribution is -2.12. The van der Waals surface area contributed by atoms with E-state index in [2.05, 4.69) is 19.0 Å². The number of aromatic nitrogens is 3. The van der Waals surface area contributed by atoms with Gasteiger partial charge in [-0.05, 0) is 24.3 Å². The molecule has 0 aliphatic rings. The standard InChI is InChI=1S/C8H11N3O2.C6H6N4O2S2/c1-2-7(13)11-8-5(12)3-4-6(9)10-8;7-3-1-2-4(14(8,11)12)6-5(3)9-13-10-6/h3-4,12H,2H2,1H3,(H3,9,10,11,13);1-2H,7H2,(H2,8,11,12). The molecule has 1 amide bonds. The molecule has 2 heterocycles. The first-order valence-electron chi connectivity index (χ1n) is 7.42. The molecule has 8 N–H and O–H groups in total. The summed E-state index contributed by atoms with van der Waals surface area (Å²) in [5, 5.41) is 16.7. The number of hydrogen-bond donors (Lipinski definition) is 5. The van der Waals surface area contributed by atoms with E-state index in [0.29, 0.717) is 17.6 Å². The number of carbonyl (C=O) groups excluding carboxylic acids is 1. The number of nitrogens with one attached hydrogen (secondary N) is 1. The maximum atomic E-state index is 11.1. The molecular weight excluding hydrogens is 394 g/mol. The lowest BCUT2D eigenvalue weighted by molar-refractivity contribution is -0.115. The van der Waals surface area contributed by atoms with Crippen LogP contribution < -0.4 is 21.9 Å². The van der Waals surface area contributed by atoms with Crippen LogP contribution in [0.25, 0.3) is 11.0 Å². The molecule has 3 aromatic rings. The average molecular weight is 411 g/mol. The van der Waals surface area contributed by atoms with Crippen molar-refractivity contribution in [2.24, 2.45) is 5.14 Å². The van der Waals surface area contributed by atoms with Gasteiger partial charge in [0.15, 0.2) is 11.6 Å². The lowest BCUT2D eigenvalue weighted by atomic mass is 10.3. The second-order valence-corrected chi connectivity index (χ2v) is 7.22. The van der Waals surface area contributed by atoms with Crippen LogP contribution in [0, 0.1) is 0 Å². The maximum absolute atomic E-state index is 11.1. The molecule has 144 valence electrons. The predicted molar refractivity (Wildman–Crippen MR) is 102 cm³/mol. The first kappa shape index (κ1) is 20.3. The van der Waals surface area contributed by atoms with Gasteiger partial charge in [-0.25, -0.2) is 18.5 Å². The Morgan fingerprint density at radius 1 is 1.19 bits per heavy atom. The zero-order valence-corrected chi connectivity index (χ0v) is 15.7. The highest BCUT2D eigenvalue weighted by Crippen LogP contribution is 2.25. The SMILES string of the molecule is CCC(=O)Nc1nc(N)ccc1O.Nc1ccc(S(N)(=O)=O)c2nsnc12. The van der Waals surface area contributed by atoms with E-state index in [0.717, 1.165) is 11.7 Å². The number of benzene rings is 1. The van der Waals surface area contributed by atoms with E-state index >= 15 is 0 Å². The van der Waals surface area contributed by atoms with Gasteiger partial charge in [-0.1, -0.05) is 6.92 Å². The number of rotatable bonds is 3. The van der Waals surface area contributed by atoms with E-state index < -0.39 is 10.0 Å². The number of anilines is 3. The first-order valence-corrected chi connectivity index (χ1v) is 9.70. The minimum atomic E-state index is -3.77. The third-order valence-electron chi connectivity index (χ3n) is 3.19. The van der Waals surface area contributed by atoms with Crippen LogP contribution in [0.1, 0.15) is 13.3 Å². The molecule has 0 bridgehead atoms. The molecule has 3 rings (SSSR count). The van der Waals surface area contributed by atoms with E-state index in [1.807, 2.05) is 0 Å². The number of nitrogens with two attached hydrogens (primary N) is 3. The van der Waals surface area contributed by atoms with E-state index in [-0.39, 0.29) is 33.7 Å². The van der Waals surface area contributed by atoms with E-state index in [1.165, 1.54) is 24.3 Å². The number of aromatic hydroxyl groups is 1. The molecule has 2 aromatic heterocycles. The van der Waals surface area contributed by atoms with Crippen molar-refractivity contribution in [3.8, 4) is 5.75 Å². The average Bonchev–Trinajstić information content (AvgIpc) is 3.08. The normalized spacial score (nSPS) is 10.9. The highest BCUT2D eigenvalue weighted by atomic mass is 32.2. The molecule has 0 saturated heterocycles. The first-order chi connectivity index (χ1) is 12.6. The van der Waals surface area contributed by atoms with E-state index in [1.54, 1.807) is 6.92 Å². The highest BCUT2D eigenvalue weighted by molar-refractivity contribution is 7.89. The Morgan fingerprint density at radius 3 is 2.48 bits per heavy atom. The van der Waals surface area contributed by atoms with Crippen molar-refractivity contribution in [1.82, 2.24) is 13.7 Å². The zero-order valence-electron chi connectivity index (χ0n) is 14.1. The fourth-order valence-corrected chi connectivity index (χ4v) is 3.18. The molecule has 0 radical (unpaired) electrons. The second kappa shape index (κ2) is 8.11. The smallest absolute Gasteiger partial charge is 0.240 e. The summed E-state index contributed by atoms with van der Waals surface area (Å²) >= 11 is 0.897. The van der Waals surface area contributed by atoms with Gasteiger partial charge in [0.1, 0.15) is 21.7 Å². The fourth-order valence-electron chi connectivity index (χ4n) is 1.87. The van der Waals surface area contributed by atoms with Crippen LogP contribution in [0.5, 0.6) is 5.75 Å². The molecule has 0 spiro atoms. The molecule has 1 aromatic carbocycles. The predicted octanol–water partition coefficient (Wildman–Crippen LogP) is 0.639. The number of nitrogen functional groups attached to an aromatic ring is 2. The molecule has 11 nitrogen and oxygen atoms in total. The largest absolute Gasteiger partial charge is 0.504 e. The molecule has 0 saturated carbocycles. The maximum Gasteiger partial charge on any atom is 0.240 e. The van der Waals surface area contributed by atoms with Crippen molar-refractivity contribution >= 4 is 56.0 Å². The number of pyridine rings is 1. The van der Waals surface area contributed by atoms with Gasteiger partial charge < -0.3 is 21.9 Å². The van der Waals surface area contributed by atoms with E-state index in [9.17, 15) is 18.3 Å². The third-order valence-corrected chi connectivity index (χ3v) is 4.66. The molecular formula is C14H17N7O4S2. The fraction of sp³-hybridized carbons (Fsp3) is 0.143. The molecule has 0 atom stereocenters. The Balaban J connectivity index is 0.000000194. The molecule has 0 unspecified atom stereocenters. The highest BCUT2D eigenvalue weighted by Gasteiger charge is 2.16. The second-order valence-electron chi connectivity index (χ2n) is 5.16. The number of nitrogens with zero attached hydrogens (tertiary/aromatic N) is 3. The minimum Gasteiger partial charge on any atom is -0.504 e. The summed E-state index contributed by atoms with van der Waals surface area (Å²) in [6.45, 7) is 1.71. The van der Waals surface area contributed by atoms with Crippen LogP contribution in [-0.2, 0) is 14.8 Å². The van der Waals surface area contributed by atoms with Gasteiger partial charge in [0.05, 0.1) is 17.4 Å². The summed E-state index contributed by atoms with van der Waals surface area (Å²) in [6.07, 6.45) is 0.329. The van der Waals surface area contributed by atoms with Crippen molar-refractivity contribution in [3.63, 3.8) is 0 Å². The van der Waals surface area contributed by atoms with Crippen LogP contribution in [0.3, 0.4) is 0 Å². The van der Waals surface area contributed by atoms with Gasteiger partial charge in [-0.15, -0.1) is 0 Å². The van der Waals surface area contributed by atoms with Crippen molar-refractivity contribution in [2.45, 2.75) is 18.2 Å². The Morgan fingerprint density at radius 2 is 1.85 bits per heavy atom. The number of sulfonamides is 1. The van der Waals surface area contributed by atoms with Crippen LogP contribution in [0.2, 0.25) is 0 Å². The van der Waals surface area contributed by atoms with Crippen molar-refractivity contribution in [1.29, 1.82) is 0 Å². The van der Waals surface area contributed by atoms with Crippen LogP contribution in [0.15, 0.2) is 29.2 Å². The number of fused-ring (bicyclic) bond motifs is 1. The van der Waals surface area contributed by atoms with Crippen LogP contribution >= 0.6 is 11.7 Å². The van der Waals surface area contributed by atoms with Gasteiger partial charge in [-0.2, -0.15) is 8.75 Å². The number of amides is 1. The molecule has 13 heteroatoms. The van der Waals surface area contributed by atoms with Gasteiger partial charge in [0.2, 0.25) is 15.9 Å². The number of carbonyl (C=O) groups is 1. The summed E-state index contributed by atoms with van der Waals surface area (Å²) < 4.78 is 30.0. The molecule has 0 aliphatic carbocycles. The third kappa shape index (κ3) is 4.99. The summed E-state index contributed by atoms with van der Waals surface area (Å²) in [5.41, 5.74) is 12.0. The molecule has 0 aliphatic heterocycles. The van der Waals surface area contributed by atoms with Gasteiger partial charge in [0.25, 0.3) is 0 Å². The number of hydrogen-bond acceptors (Lipinski definition) is 10. The zero-order chi connectivity index (χ0) is 20.2. The Labute approximate surface area is 158 Å². The minimum absolute atomic E-state index is 0.0459. The summed E-state index contributed by atoms with van der Waals surface area (Å²) in [4.78, 5) is 14.7. The number of primary sulfonamides is 1. The van der Waals surface area contributed by atoms with Crippen molar-refractivity contribution < 1.29 is 18.3 Å². The Hall–Kier alpha value is -3.03. The topological polar surface area (TPSA) is 200 Å². The lowest BCUT2D eigenvalue weighted by Gasteiger charge is -2.04. The van der Waals surface area contributed by atoms with Crippen molar-refractivity contribution in [3.05, 3.63) is 24.3 Å². The summed E-state index contributed by atoms with van der Waals surface area (Å²) in [7, 11) is -3.77.